The average Bonchev–Trinajstić information content (AvgIpc) is 3.10. The minimum Gasteiger partial charge on any atom is -0.266 e. The van der Waals surface area contributed by atoms with E-state index in [-0.39, 0.29) is 5.91 Å². The Morgan fingerprint density at radius 2 is 1.61 bits per heavy atom. The second-order valence-electron chi connectivity index (χ2n) is 7.49. The van der Waals surface area contributed by atoms with Gasteiger partial charge in [0.15, 0.2) is 0 Å². The molecule has 0 unspecified atom stereocenters. The molecule has 0 N–H and O–H groups in total. The van der Waals surface area contributed by atoms with Crippen molar-refractivity contribution in [3.63, 3.8) is 0 Å². The molecule has 0 aromatic heterocycles. The minimum absolute atomic E-state index is 0.135. The van der Waals surface area contributed by atoms with Gasteiger partial charge in [0.1, 0.15) is 11.5 Å². The lowest BCUT2D eigenvalue weighted by Gasteiger charge is -2.19. The van der Waals surface area contributed by atoms with E-state index >= 15 is 0 Å². The number of carbonyl (C=O) groups is 1. The van der Waals surface area contributed by atoms with Crippen molar-refractivity contribution in [1.29, 1.82) is 0 Å². The first-order chi connectivity index (χ1) is 15.1. The molecule has 4 aromatic rings. The van der Waals surface area contributed by atoms with Crippen molar-refractivity contribution in [3.05, 3.63) is 118 Å². The van der Waals surface area contributed by atoms with Crippen LogP contribution in [0.25, 0.3) is 16.8 Å². The van der Waals surface area contributed by atoms with Gasteiger partial charge in [0.2, 0.25) is 0 Å². The normalized spacial score (nSPS) is 15.0. The standard InChI is InChI=1S/C27H19BrN2O/c1-18-8-6-12-21(16-18)30-26(23-14-4-5-15-24(23)28)29-25(27(30)31)17-20-11-7-10-19-9-2-3-13-22(19)20/h2-17H,1H3/b25-17+. The van der Waals surface area contributed by atoms with Gasteiger partial charge in [-0.05, 0) is 53.1 Å². The maximum absolute atomic E-state index is 13.6. The van der Waals surface area contributed by atoms with Gasteiger partial charge >= 0.3 is 0 Å². The number of aryl methyl sites for hydroxylation is 1. The molecule has 0 saturated carbocycles. The summed E-state index contributed by atoms with van der Waals surface area (Å²) < 4.78 is 0.894. The van der Waals surface area contributed by atoms with Gasteiger partial charge in [0.25, 0.3) is 5.91 Å². The highest BCUT2D eigenvalue weighted by atomic mass is 79.9. The van der Waals surface area contributed by atoms with Crippen LogP contribution in [0.1, 0.15) is 16.7 Å². The first kappa shape index (κ1) is 19.5. The van der Waals surface area contributed by atoms with Crippen LogP contribution >= 0.6 is 15.9 Å². The van der Waals surface area contributed by atoms with Crippen molar-refractivity contribution in [3.8, 4) is 0 Å². The molecule has 0 aliphatic carbocycles. The Hall–Kier alpha value is -3.50. The van der Waals surface area contributed by atoms with Crippen molar-refractivity contribution < 1.29 is 4.79 Å². The molecule has 150 valence electrons. The largest absolute Gasteiger partial charge is 0.282 e. The van der Waals surface area contributed by atoms with E-state index in [2.05, 4.69) is 34.1 Å². The third-order valence-electron chi connectivity index (χ3n) is 5.35. The fourth-order valence-corrected chi connectivity index (χ4v) is 4.33. The monoisotopic (exact) mass is 466 g/mol. The number of halogens is 1. The molecule has 31 heavy (non-hydrogen) atoms. The van der Waals surface area contributed by atoms with Gasteiger partial charge in [-0.1, -0.05) is 88.7 Å². The van der Waals surface area contributed by atoms with Crippen LogP contribution in [0.5, 0.6) is 0 Å². The average molecular weight is 467 g/mol. The van der Waals surface area contributed by atoms with E-state index in [1.54, 1.807) is 4.90 Å². The SMILES string of the molecule is Cc1cccc(N2C(=O)/C(=C\c3cccc4ccccc34)N=C2c2ccccc2Br)c1. The number of hydrogen-bond donors (Lipinski definition) is 0. The molecule has 3 nitrogen and oxygen atoms in total. The third-order valence-corrected chi connectivity index (χ3v) is 6.04. The summed E-state index contributed by atoms with van der Waals surface area (Å²) in [5, 5.41) is 2.23. The molecule has 1 amide bonds. The van der Waals surface area contributed by atoms with E-state index in [0.29, 0.717) is 11.5 Å². The van der Waals surface area contributed by atoms with Crippen LogP contribution in [0.2, 0.25) is 0 Å². The van der Waals surface area contributed by atoms with Gasteiger partial charge in [-0.25, -0.2) is 4.99 Å². The molecule has 4 aromatic carbocycles. The van der Waals surface area contributed by atoms with Crippen molar-refractivity contribution in [2.24, 2.45) is 4.99 Å². The summed E-state index contributed by atoms with van der Waals surface area (Å²) in [7, 11) is 0. The fraction of sp³-hybridized carbons (Fsp3) is 0.0370. The molecule has 0 spiro atoms. The Bertz CT molecular complexity index is 1380. The van der Waals surface area contributed by atoms with Gasteiger partial charge in [0.05, 0.1) is 5.69 Å². The first-order valence-corrected chi connectivity index (χ1v) is 10.9. The number of nitrogens with zero attached hydrogens (tertiary/aromatic N) is 2. The molecule has 1 heterocycles. The lowest BCUT2D eigenvalue weighted by Crippen LogP contribution is -2.32. The van der Waals surface area contributed by atoms with Crippen LogP contribution in [-0.2, 0) is 4.79 Å². The molecule has 0 radical (unpaired) electrons. The van der Waals surface area contributed by atoms with E-state index in [1.807, 2.05) is 85.8 Å². The molecule has 0 saturated heterocycles. The number of aliphatic imine (C=N–C) groups is 1. The van der Waals surface area contributed by atoms with E-state index in [1.165, 1.54) is 0 Å². The second kappa shape index (κ2) is 7.97. The highest BCUT2D eigenvalue weighted by molar-refractivity contribution is 9.10. The lowest BCUT2D eigenvalue weighted by molar-refractivity contribution is -0.113. The summed E-state index contributed by atoms with van der Waals surface area (Å²) in [6, 6.07) is 30.0. The first-order valence-electron chi connectivity index (χ1n) is 10.1. The Morgan fingerprint density at radius 1 is 0.871 bits per heavy atom. The fourth-order valence-electron chi connectivity index (χ4n) is 3.87. The summed E-state index contributed by atoms with van der Waals surface area (Å²) in [4.78, 5) is 20.1. The van der Waals surface area contributed by atoms with Crippen LogP contribution in [0.15, 0.2) is 106 Å². The van der Waals surface area contributed by atoms with Crippen molar-refractivity contribution in [2.75, 3.05) is 4.90 Å². The van der Waals surface area contributed by atoms with Crippen LogP contribution in [0.3, 0.4) is 0 Å². The summed E-state index contributed by atoms with van der Waals surface area (Å²) >= 11 is 3.62. The van der Waals surface area contributed by atoms with Crippen LogP contribution in [-0.4, -0.2) is 11.7 Å². The summed E-state index contributed by atoms with van der Waals surface area (Å²) in [5.41, 5.74) is 4.16. The number of benzene rings is 4. The van der Waals surface area contributed by atoms with Gasteiger partial charge in [-0.3, -0.25) is 9.69 Å². The van der Waals surface area contributed by atoms with Gasteiger partial charge in [0, 0.05) is 10.0 Å². The molecule has 0 atom stereocenters. The Labute approximate surface area is 189 Å². The number of anilines is 1. The van der Waals surface area contributed by atoms with Crippen LogP contribution < -0.4 is 4.90 Å². The maximum Gasteiger partial charge on any atom is 0.282 e. The molecule has 4 heteroatoms. The zero-order valence-electron chi connectivity index (χ0n) is 16.9. The van der Waals surface area contributed by atoms with E-state index in [4.69, 9.17) is 4.99 Å². The van der Waals surface area contributed by atoms with E-state index in [0.717, 1.165) is 37.6 Å². The predicted molar refractivity (Wildman–Crippen MR) is 131 cm³/mol. The number of amides is 1. The number of carbonyl (C=O) groups excluding carboxylic acids is 1. The second-order valence-corrected chi connectivity index (χ2v) is 8.35. The van der Waals surface area contributed by atoms with Gasteiger partial charge in [-0.2, -0.15) is 0 Å². The molecule has 5 rings (SSSR count). The number of rotatable bonds is 3. The Balaban J connectivity index is 1.69. The van der Waals surface area contributed by atoms with E-state index in [9.17, 15) is 4.79 Å². The molecule has 1 aliphatic heterocycles. The molecular formula is C27H19BrN2O. The maximum atomic E-state index is 13.6. The van der Waals surface area contributed by atoms with E-state index < -0.39 is 0 Å². The summed E-state index contributed by atoms with van der Waals surface area (Å²) in [6.45, 7) is 2.02. The molecule has 0 bridgehead atoms. The molecule has 0 fully saturated rings. The lowest BCUT2D eigenvalue weighted by atomic mass is 10.0. The number of fused-ring (bicyclic) bond motifs is 1. The smallest absolute Gasteiger partial charge is 0.266 e. The van der Waals surface area contributed by atoms with Crippen molar-refractivity contribution in [1.82, 2.24) is 0 Å². The Morgan fingerprint density at radius 3 is 2.45 bits per heavy atom. The molecule has 1 aliphatic rings. The summed E-state index contributed by atoms with van der Waals surface area (Å²) in [5.74, 6) is 0.485. The third kappa shape index (κ3) is 3.60. The minimum atomic E-state index is -0.135. The summed E-state index contributed by atoms with van der Waals surface area (Å²) in [6.07, 6.45) is 1.89. The number of hydrogen-bond acceptors (Lipinski definition) is 2. The van der Waals surface area contributed by atoms with Crippen molar-refractivity contribution in [2.45, 2.75) is 6.92 Å². The zero-order valence-corrected chi connectivity index (χ0v) is 18.5. The topological polar surface area (TPSA) is 32.7 Å². The van der Waals surface area contributed by atoms with Gasteiger partial charge in [-0.15, -0.1) is 0 Å². The Kier molecular flexibility index (Phi) is 5.00. The van der Waals surface area contributed by atoms with Crippen molar-refractivity contribution >= 4 is 50.2 Å². The molecular weight excluding hydrogens is 448 g/mol. The van der Waals surface area contributed by atoms with Crippen LogP contribution in [0, 0.1) is 6.92 Å². The number of amidine groups is 1. The highest BCUT2D eigenvalue weighted by Gasteiger charge is 2.33. The van der Waals surface area contributed by atoms with Gasteiger partial charge < -0.3 is 0 Å². The van der Waals surface area contributed by atoms with Crippen LogP contribution in [0.4, 0.5) is 5.69 Å². The highest BCUT2D eigenvalue weighted by Crippen LogP contribution is 2.31. The predicted octanol–water partition coefficient (Wildman–Crippen LogP) is 6.75. The quantitative estimate of drug-likeness (QED) is 0.307. The zero-order chi connectivity index (χ0) is 21.4.